The predicted molar refractivity (Wildman–Crippen MR) is 52.7 cm³/mol. The van der Waals surface area contributed by atoms with E-state index in [1.165, 1.54) is 0 Å². The van der Waals surface area contributed by atoms with Crippen LogP contribution in [0.1, 0.15) is 0 Å². The molecule has 1 aromatic rings. The van der Waals surface area contributed by atoms with Gasteiger partial charge in [-0.05, 0) is 6.07 Å². The Morgan fingerprint density at radius 3 is 2.86 bits per heavy atom. The van der Waals surface area contributed by atoms with Gasteiger partial charge in [-0.15, -0.1) is 0 Å². The Kier molecular flexibility index (Phi) is 2.56. The molecule has 1 aliphatic heterocycles. The predicted octanol–water partition coefficient (Wildman–Crippen LogP) is -0.730. The van der Waals surface area contributed by atoms with E-state index in [9.17, 15) is 8.42 Å². The van der Waals surface area contributed by atoms with E-state index in [-0.39, 0.29) is 17.5 Å². The van der Waals surface area contributed by atoms with Crippen LogP contribution in [-0.2, 0) is 16.4 Å². The summed E-state index contributed by atoms with van der Waals surface area (Å²) in [5.41, 5.74) is 0. The van der Waals surface area contributed by atoms with Gasteiger partial charge in [0.2, 0.25) is 0 Å². The molecule has 1 saturated heterocycles. The standard InChI is InChI=1S/C8H13N3O2S/c12-14(13)6-8(7-14)9-3-5-11-4-1-2-10-11/h1-2,4,8-9H,3,5-7H2. The maximum Gasteiger partial charge on any atom is 0.153 e. The number of sulfone groups is 1. The van der Waals surface area contributed by atoms with Crippen LogP contribution in [0.2, 0.25) is 0 Å². The fourth-order valence-electron chi connectivity index (χ4n) is 1.50. The molecule has 1 aromatic heterocycles. The van der Waals surface area contributed by atoms with Gasteiger partial charge in [-0.1, -0.05) is 0 Å². The zero-order valence-corrected chi connectivity index (χ0v) is 8.57. The van der Waals surface area contributed by atoms with E-state index < -0.39 is 9.84 Å². The summed E-state index contributed by atoms with van der Waals surface area (Å²) in [6, 6.07) is 2.02. The average Bonchev–Trinajstić information content (AvgIpc) is 2.53. The first-order chi connectivity index (χ1) is 6.66. The fraction of sp³-hybridized carbons (Fsp3) is 0.625. The van der Waals surface area contributed by atoms with Gasteiger partial charge in [-0.25, -0.2) is 8.42 Å². The third kappa shape index (κ3) is 2.33. The molecule has 1 N–H and O–H groups in total. The third-order valence-electron chi connectivity index (χ3n) is 2.24. The Balaban J connectivity index is 1.65. The third-order valence-corrected chi connectivity index (χ3v) is 4.06. The maximum absolute atomic E-state index is 10.8. The number of rotatable bonds is 4. The summed E-state index contributed by atoms with van der Waals surface area (Å²) in [7, 11) is -2.70. The van der Waals surface area contributed by atoms with E-state index >= 15 is 0 Å². The molecule has 1 aliphatic rings. The second-order valence-electron chi connectivity index (χ2n) is 3.50. The minimum atomic E-state index is -2.70. The molecule has 0 amide bonds. The molecule has 2 heterocycles. The van der Waals surface area contributed by atoms with Gasteiger partial charge in [0.05, 0.1) is 18.1 Å². The van der Waals surface area contributed by atoms with Crippen molar-refractivity contribution in [3.05, 3.63) is 18.5 Å². The lowest BCUT2D eigenvalue weighted by molar-refractivity contribution is 0.483. The summed E-state index contributed by atoms with van der Waals surface area (Å²) in [6.45, 7) is 1.55. The van der Waals surface area contributed by atoms with E-state index in [1.54, 1.807) is 6.20 Å². The molecule has 6 heteroatoms. The van der Waals surface area contributed by atoms with E-state index in [0.717, 1.165) is 13.1 Å². The molecule has 0 aliphatic carbocycles. The number of hydrogen-bond acceptors (Lipinski definition) is 4. The van der Waals surface area contributed by atoms with Gasteiger partial charge in [-0.3, -0.25) is 4.68 Å². The molecule has 14 heavy (non-hydrogen) atoms. The van der Waals surface area contributed by atoms with Crippen molar-refractivity contribution in [3.8, 4) is 0 Å². The van der Waals surface area contributed by atoms with Crippen molar-refractivity contribution in [1.29, 1.82) is 0 Å². The summed E-state index contributed by atoms with van der Waals surface area (Å²) in [5, 5.41) is 7.22. The highest BCUT2D eigenvalue weighted by molar-refractivity contribution is 7.92. The van der Waals surface area contributed by atoms with Crippen LogP contribution in [0.5, 0.6) is 0 Å². The average molecular weight is 215 g/mol. The SMILES string of the molecule is O=S1(=O)CC(NCCn2cccn2)C1. The second kappa shape index (κ2) is 3.70. The number of aromatic nitrogens is 2. The van der Waals surface area contributed by atoms with Crippen molar-refractivity contribution < 1.29 is 8.42 Å². The zero-order chi connectivity index (χ0) is 10.0. The molecular weight excluding hydrogens is 202 g/mol. The van der Waals surface area contributed by atoms with Crippen molar-refractivity contribution in [2.75, 3.05) is 18.1 Å². The molecule has 2 rings (SSSR count). The lowest BCUT2D eigenvalue weighted by atomic mass is 10.3. The van der Waals surface area contributed by atoms with Gasteiger partial charge < -0.3 is 5.32 Å². The molecule has 0 radical (unpaired) electrons. The van der Waals surface area contributed by atoms with Crippen LogP contribution < -0.4 is 5.32 Å². The van der Waals surface area contributed by atoms with Crippen molar-refractivity contribution in [2.24, 2.45) is 0 Å². The normalized spacial score (nSPS) is 20.6. The van der Waals surface area contributed by atoms with Crippen molar-refractivity contribution in [1.82, 2.24) is 15.1 Å². The Labute approximate surface area is 83.0 Å². The quantitative estimate of drug-likeness (QED) is 0.719. The molecule has 0 atom stereocenters. The van der Waals surface area contributed by atoms with Gasteiger partial charge in [-0.2, -0.15) is 5.10 Å². The minimum Gasteiger partial charge on any atom is -0.310 e. The number of nitrogens with zero attached hydrogens (tertiary/aromatic N) is 2. The van der Waals surface area contributed by atoms with E-state index in [0.29, 0.717) is 0 Å². The highest BCUT2D eigenvalue weighted by atomic mass is 32.2. The summed E-state index contributed by atoms with van der Waals surface area (Å²) >= 11 is 0. The monoisotopic (exact) mass is 215 g/mol. The van der Waals surface area contributed by atoms with Gasteiger partial charge >= 0.3 is 0 Å². The van der Waals surface area contributed by atoms with Crippen LogP contribution in [0.15, 0.2) is 18.5 Å². The highest BCUT2D eigenvalue weighted by Crippen LogP contribution is 2.09. The molecule has 0 saturated carbocycles. The lowest BCUT2D eigenvalue weighted by Crippen LogP contribution is -2.51. The number of nitrogens with one attached hydrogen (secondary N) is 1. The maximum atomic E-state index is 10.8. The van der Waals surface area contributed by atoms with Crippen molar-refractivity contribution in [2.45, 2.75) is 12.6 Å². The molecule has 0 aromatic carbocycles. The Bertz CT molecular complexity index is 373. The van der Waals surface area contributed by atoms with Gasteiger partial charge in [0.15, 0.2) is 9.84 Å². The van der Waals surface area contributed by atoms with Crippen LogP contribution in [0.25, 0.3) is 0 Å². The van der Waals surface area contributed by atoms with Crippen LogP contribution in [-0.4, -0.2) is 42.3 Å². The summed E-state index contributed by atoms with van der Waals surface area (Å²) in [4.78, 5) is 0. The number of hydrogen-bond donors (Lipinski definition) is 1. The van der Waals surface area contributed by atoms with Crippen LogP contribution in [0, 0.1) is 0 Å². The molecule has 0 bridgehead atoms. The van der Waals surface area contributed by atoms with Crippen molar-refractivity contribution >= 4 is 9.84 Å². The molecular formula is C8H13N3O2S. The Morgan fingerprint density at radius 2 is 2.29 bits per heavy atom. The van der Waals surface area contributed by atoms with Crippen LogP contribution in [0.4, 0.5) is 0 Å². The Hall–Kier alpha value is -0.880. The van der Waals surface area contributed by atoms with Gasteiger partial charge in [0.25, 0.3) is 0 Å². The first kappa shape index (κ1) is 9.67. The van der Waals surface area contributed by atoms with Gasteiger partial charge in [0.1, 0.15) is 0 Å². The van der Waals surface area contributed by atoms with Crippen LogP contribution >= 0.6 is 0 Å². The van der Waals surface area contributed by atoms with Crippen molar-refractivity contribution in [3.63, 3.8) is 0 Å². The fourth-order valence-corrected chi connectivity index (χ4v) is 2.86. The smallest absolute Gasteiger partial charge is 0.153 e. The first-order valence-electron chi connectivity index (χ1n) is 4.57. The molecule has 78 valence electrons. The lowest BCUT2D eigenvalue weighted by Gasteiger charge is -2.26. The summed E-state index contributed by atoms with van der Waals surface area (Å²) in [6.07, 6.45) is 3.62. The van der Waals surface area contributed by atoms with E-state index in [2.05, 4.69) is 10.4 Å². The van der Waals surface area contributed by atoms with Crippen LogP contribution in [0.3, 0.4) is 0 Å². The molecule has 0 unspecified atom stereocenters. The summed E-state index contributed by atoms with van der Waals surface area (Å²) in [5.74, 6) is 0.568. The largest absolute Gasteiger partial charge is 0.310 e. The minimum absolute atomic E-state index is 0.149. The van der Waals surface area contributed by atoms with E-state index in [4.69, 9.17) is 0 Å². The van der Waals surface area contributed by atoms with Gasteiger partial charge in [0, 0.05) is 25.0 Å². The zero-order valence-electron chi connectivity index (χ0n) is 7.76. The van der Waals surface area contributed by atoms with E-state index in [1.807, 2.05) is 16.9 Å². The summed E-state index contributed by atoms with van der Waals surface area (Å²) < 4.78 is 23.5. The molecule has 5 nitrogen and oxygen atoms in total. The first-order valence-corrected chi connectivity index (χ1v) is 6.39. The highest BCUT2D eigenvalue weighted by Gasteiger charge is 2.32. The molecule has 1 fully saturated rings. The second-order valence-corrected chi connectivity index (χ2v) is 5.65. The Morgan fingerprint density at radius 1 is 1.50 bits per heavy atom. The molecule has 0 spiro atoms. The topological polar surface area (TPSA) is 64.0 Å².